The average Bonchev–Trinajstić information content (AvgIpc) is 2.28. The van der Waals surface area contributed by atoms with Gasteiger partial charge in [-0.15, -0.1) is 0 Å². The third-order valence-corrected chi connectivity index (χ3v) is 2.38. The Morgan fingerprint density at radius 3 is 1.35 bits per heavy atom. The van der Waals surface area contributed by atoms with Gasteiger partial charge in [-0.1, -0.05) is 62.3 Å². The molecule has 0 aliphatic rings. The first kappa shape index (κ1) is 21.9. The highest BCUT2D eigenvalue weighted by atomic mass is 16.1. The van der Waals surface area contributed by atoms with Crippen molar-refractivity contribution in [1.29, 1.82) is 0 Å². The monoisotopic (exact) mass is 245 g/mol. The van der Waals surface area contributed by atoms with Gasteiger partial charge in [0.1, 0.15) is 5.78 Å². The number of nitrogens with zero attached hydrogens (tertiary/aromatic N) is 1. The normalized spacial score (nSPS) is 11.9. The number of carbonyl (C=O) groups is 1. The van der Waals surface area contributed by atoms with Crippen LogP contribution in [0.3, 0.4) is 0 Å². The number of rotatable bonds is 4. The Morgan fingerprint density at radius 1 is 1.00 bits per heavy atom. The highest BCUT2D eigenvalue weighted by Gasteiger charge is 2.32. The zero-order valence-corrected chi connectivity index (χ0v) is 13.8. The Balaban J connectivity index is -0.000000439. The second kappa shape index (κ2) is 12.1. The van der Waals surface area contributed by atoms with Crippen LogP contribution in [0.2, 0.25) is 0 Å². The molecular weight excluding hydrogens is 210 g/mol. The largest absolute Gasteiger partial charge is 0.298 e. The van der Waals surface area contributed by atoms with Gasteiger partial charge in [0, 0.05) is 0 Å². The maximum atomic E-state index is 11.5. The molecule has 0 amide bonds. The molecule has 1 unspecified atom stereocenters. The fourth-order valence-electron chi connectivity index (χ4n) is 2.00. The van der Waals surface area contributed by atoms with E-state index in [2.05, 4.69) is 39.5 Å². The van der Waals surface area contributed by atoms with Gasteiger partial charge in [-0.25, -0.2) is 0 Å². The summed E-state index contributed by atoms with van der Waals surface area (Å²) in [5.41, 5.74) is 0.0395. The van der Waals surface area contributed by atoms with Crippen molar-refractivity contribution >= 4 is 5.78 Å². The minimum Gasteiger partial charge on any atom is -0.298 e. The summed E-state index contributed by atoms with van der Waals surface area (Å²) in [6, 6.07) is 0.0579. The molecule has 0 aliphatic carbocycles. The number of Topliss-reactive ketones (excluding diaryl/α,β-unsaturated/α-hetero) is 1. The SMILES string of the molecule is CC.CC.CCN(CC)C(C(C)=O)C(C)(C)C. The van der Waals surface area contributed by atoms with Crippen LogP contribution in [0.4, 0.5) is 0 Å². The molecule has 0 saturated heterocycles. The minimum atomic E-state index is 0.0395. The van der Waals surface area contributed by atoms with E-state index in [9.17, 15) is 4.79 Å². The Bertz CT molecular complexity index is 166. The van der Waals surface area contributed by atoms with Gasteiger partial charge in [-0.3, -0.25) is 9.69 Å². The van der Waals surface area contributed by atoms with Crippen molar-refractivity contribution in [1.82, 2.24) is 4.90 Å². The van der Waals surface area contributed by atoms with Crippen molar-refractivity contribution in [2.24, 2.45) is 5.41 Å². The van der Waals surface area contributed by atoms with E-state index >= 15 is 0 Å². The Labute approximate surface area is 110 Å². The molecule has 106 valence electrons. The zero-order valence-electron chi connectivity index (χ0n) is 13.8. The van der Waals surface area contributed by atoms with Crippen LogP contribution in [0.1, 0.15) is 69.2 Å². The summed E-state index contributed by atoms with van der Waals surface area (Å²) in [5, 5.41) is 0. The number of hydrogen-bond donors (Lipinski definition) is 0. The first-order valence-corrected chi connectivity index (χ1v) is 7.09. The lowest BCUT2D eigenvalue weighted by Crippen LogP contribution is -2.48. The third-order valence-electron chi connectivity index (χ3n) is 2.38. The molecule has 0 rings (SSSR count). The van der Waals surface area contributed by atoms with Crippen LogP contribution >= 0.6 is 0 Å². The van der Waals surface area contributed by atoms with Gasteiger partial charge in [0.25, 0.3) is 0 Å². The molecule has 2 heteroatoms. The Kier molecular flexibility index (Phi) is 15.6. The maximum Gasteiger partial charge on any atom is 0.147 e. The highest BCUT2D eigenvalue weighted by Crippen LogP contribution is 2.24. The quantitative estimate of drug-likeness (QED) is 0.732. The van der Waals surface area contributed by atoms with E-state index < -0.39 is 0 Å². The molecule has 2 nitrogen and oxygen atoms in total. The van der Waals surface area contributed by atoms with E-state index in [1.54, 1.807) is 6.92 Å². The fraction of sp³-hybridized carbons (Fsp3) is 0.933. The Hall–Kier alpha value is -0.370. The summed E-state index contributed by atoms with van der Waals surface area (Å²) < 4.78 is 0. The second-order valence-electron chi connectivity index (χ2n) is 4.60. The standard InChI is InChI=1S/C11H23NO.2C2H6/c1-7-12(8-2)10(9(3)13)11(4,5)6;2*1-2/h10H,7-8H2,1-6H3;2*1-2H3. The number of likely N-dealkylation sites (N-methyl/N-ethyl adjacent to an activating group) is 1. The van der Waals surface area contributed by atoms with Crippen LogP contribution in [-0.2, 0) is 4.79 Å². The Morgan fingerprint density at radius 2 is 1.29 bits per heavy atom. The van der Waals surface area contributed by atoms with Crippen LogP contribution in [0.5, 0.6) is 0 Å². The van der Waals surface area contributed by atoms with Crippen molar-refractivity contribution in [2.45, 2.75) is 75.3 Å². The van der Waals surface area contributed by atoms with E-state index in [1.807, 2.05) is 27.7 Å². The van der Waals surface area contributed by atoms with Crippen LogP contribution in [0, 0.1) is 5.41 Å². The lowest BCUT2D eigenvalue weighted by atomic mass is 9.83. The molecule has 0 N–H and O–H groups in total. The van der Waals surface area contributed by atoms with Crippen molar-refractivity contribution in [2.75, 3.05) is 13.1 Å². The maximum absolute atomic E-state index is 11.5. The van der Waals surface area contributed by atoms with Gasteiger partial charge >= 0.3 is 0 Å². The molecule has 0 aromatic heterocycles. The number of carbonyl (C=O) groups excluding carboxylic acids is 1. The van der Waals surface area contributed by atoms with Gasteiger partial charge in [-0.2, -0.15) is 0 Å². The van der Waals surface area contributed by atoms with Crippen LogP contribution in [0.15, 0.2) is 0 Å². The molecule has 0 heterocycles. The summed E-state index contributed by atoms with van der Waals surface area (Å²) >= 11 is 0. The third kappa shape index (κ3) is 9.34. The van der Waals surface area contributed by atoms with E-state index in [0.717, 1.165) is 13.1 Å². The van der Waals surface area contributed by atoms with Crippen molar-refractivity contribution < 1.29 is 4.79 Å². The smallest absolute Gasteiger partial charge is 0.147 e. The summed E-state index contributed by atoms with van der Waals surface area (Å²) in [6.45, 7) is 22.1. The number of ketones is 1. The van der Waals surface area contributed by atoms with Crippen LogP contribution in [0.25, 0.3) is 0 Å². The zero-order chi connectivity index (χ0) is 14.6. The lowest BCUT2D eigenvalue weighted by Gasteiger charge is -2.37. The summed E-state index contributed by atoms with van der Waals surface area (Å²) in [5.74, 6) is 0.274. The molecule has 0 radical (unpaired) electrons. The van der Waals surface area contributed by atoms with E-state index in [0.29, 0.717) is 0 Å². The van der Waals surface area contributed by atoms with Crippen molar-refractivity contribution in [3.05, 3.63) is 0 Å². The first-order valence-electron chi connectivity index (χ1n) is 7.09. The van der Waals surface area contributed by atoms with E-state index in [4.69, 9.17) is 0 Å². The van der Waals surface area contributed by atoms with Gasteiger partial charge in [0.15, 0.2) is 0 Å². The molecule has 0 bridgehead atoms. The summed E-state index contributed by atoms with van der Waals surface area (Å²) in [7, 11) is 0. The fourth-order valence-corrected chi connectivity index (χ4v) is 2.00. The molecular formula is C15H35NO. The molecule has 0 spiro atoms. The number of hydrogen-bond acceptors (Lipinski definition) is 2. The van der Waals surface area contributed by atoms with Gasteiger partial charge < -0.3 is 0 Å². The first-order chi connectivity index (χ1) is 7.84. The molecule has 0 fully saturated rings. The van der Waals surface area contributed by atoms with Gasteiger partial charge in [0.2, 0.25) is 0 Å². The lowest BCUT2D eigenvalue weighted by molar-refractivity contribution is -0.125. The molecule has 1 atom stereocenters. The summed E-state index contributed by atoms with van der Waals surface area (Å²) in [4.78, 5) is 13.7. The molecule has 0 aromatic rings. The summed E-state index contributed by atoms with van der Waals surface area (Å²) in [6.07, 6.45) is 0. The average molecular weight is 245 g/mol. The molecule has 0 aromatic carbocycles. The van der Waals surface area contributed by atoms with E-state index in [1.165, 1.54) is 0 Å². The van der Waals surface area contributed by atoms with Crippen molar-refractivity contribution in [3.8, 4) is 0 Å². The minimum absolute atomic E-state index is 0.0395. The predicted molar refractivity (Wildman–Crippen MR) is 79.5 cm³/mol. The topological polar surface area (TPSA) is 20.3 Å². The molecule has 17 heavy (non-hydrogen) atoms. The van der Waals surface area contributed by atoms with Crippen molar-refractivity contribution in [3.63, 3.8) is 0 Å². The predicted octanol–water partition coefficient (Wildman–Crippen LogP) is 4.38. The molecule has 0 aliphatic heterocycles. The van der Waals surface area contributed by atoms with Gasteiger partial charge in [0.05, 0.1) is 6.04 Å². The van der Waals surface area contributed by atoms with Crippen LogP contribution in [-0.4, -0.2) is 29.8 Å². The van der Waals surface area contributed by atoms with Crippen LogP contribution < -0.4 is 0 Å². The van der Waals surface area contributed by atoms with E-state index in [-0.39, 0.29) is 17.2 Å². The van der Waals surface area contributed by atoms with Gasteiger partial charge in [-0.05, 0) is 25.4 Å². The molecule has 0 saturated carbocycles. The highest BCUT2D eigenvalue weighted by molar-refractivity contribution is 5.82. The second-order valence-corrected chi connectivity index (χ2v) is 4.60.